The summed E-state index contributed by atoms with van der Waals surface area (Å²) in [5.41, 5.74) is 1.78. The van der Waals surface area contributed by atoms with E-state index in [4.69, 9.17) is 0 Å². The van der Waals surface area contributed by atoms with E-state index in [1.807, 2.05) is 60.7 Å². The molecule has 0 saturated heterocycles. The van der Waals surface area contributed by atoms with Gasteiger partial charge in [-0.3, -0.25) is 9.36 Å². The minimum atomic E-state index is -0.172. The van der Waals surface area contributed by atoms with Crippen LogP contribution in [0.1, 0.15) is 11.4 Å². The lowest BCUT2D eigenvalue weighted by molar-refractivity contribution is 0.515. The van der Waals surface area contributed by atoms with E-state index in [9.17, 15) is 9.90 Å². The topological polar surface area (TPSA) is 55.1 Å². The fourth-order valence-electron chi connectivity index (χ4n) is 2.89. The molecule has 4 heteroatoms. The van der Waals surface area contributed by atoms with Gasteiger partial charge in [-0.15, -0.1) is 0 Å². The van der Waals surface area contributed by atoms with E-state index in [2.05, 4.69) is 4.98 Å². The Morgan fingerprint density at radius 2 is 1.46 bits per heavy atom. The number of aromatic nitrogens is 2. The van der Waals surface area contributed by atoms with Crippen molar-refractivity contribution in [2.24, 2.45) is 0 Å². The van der Waals surface area contributed by atoms with E-state index in [0.717, 1.165) is 0 Å². The van der Waals surface area contributed by atoms with Crippen LogP contribution < -0.4 is 5.56 Å². The van der Waals surface area contributed by atoms with Crippen molar-refractivity contribution in [2.75, 3.05) is 0 Å². The summed E-state index contributed by atoms with van der Waals surface area (Å²) in [6.45, 7) is 0. The molecule has 0 aliphatic rings. The minimum Gasteiger partial charge on any atom is -0.507 e. The third kappa shape index (κ3) is 2.89. The van der Waals surface area contributed by atoms with Crippen LogP contribution in [0.15, 0.2) is 89.7 Å². The molecule has 0 bridgehead atoms. The summed E-state index contributed by atoms with van der Waals surface area (Å²) in [6, 6.07) is 25.7. The van der Waals surface area contributed by atoms with Crippen molar-refractivity contribution >= 4 is 22.7 Å². The molecule has 0 saturated carbocycles. The monoisotopic (exact) mass is 340 g/mol. The molecule has 126 valence electrons. The molecule has 4 rings (SSSR count). The lowest BCUT2D eigenvalue weighted by atomic mass is 10.1. The lowest BCUT2D eigenvalue weighted by Crippen LogP contribution is -2.22. The van der Waals surface area contributed by atoms with E-state index in [0.29, 0.717) is 28.0 Å². The fourth-order valence-corrected chi connectivity index (χ4v) is 2.89. The Morgan fingerprint density at radius 1 is 0.846 bits per heavy atom. The van der Waals surface area contributed by atoms with E-state index in [1.54, 1.807) is 24.3 Å². The Hall–Kier alpha value is -3.66. The van der Waals surface area contributed by atoms with Crippen molar-refractivity contribution in [1.29, 1.82) is 0 Å². The van der Waals surface area contributed by atoms with Crippen LogP contribution in [0.25, 0.3) is 28.4 Å². The third-order valence-corrected chi connectivity index (χ3v) is 4.15. The maximum absolute atomic E-state index is 13.1. The second kappa shape index (κ2) is 6.69. The molecular weight excluding hydrogens is 324 g/mol. The molecule has 0 unspecified atom stereocenters. The van der Waals surface area contributed by atoms with Crippen LogP contribution in [-0.2, 0) is 0 Å². The number of aliphatic hydroxyl groups excluding tert-OH is 1. The number of hydrogen-bond acceptors (Lipinski definition) is 3. The first-order chi connectivity index (χ1) is 12.7. The summed E-state index contributed by atoms with van der Waals surface area (Å²) in [5, 5.41) is 11.0. The van der Waals surface area contributed by atoms with Crippen molar-refractivity contribution in [3.05, 3.63) is 107 Å². The number of hydrogen-bond donors (Lipinski definition) is 1. The number of benzene rings is 3. The average Bonchev–Trinajstić information content (AvgIpc) is 2.69. The normalized spacial score (nSPS) is 11.6. The Bertz CT molecular complexity index is 1150. The Labute approximate surface area is 150 Å². The van der Waals surface area contributed by atoms with Crippen LogP contribution in [0.3, 0.4) is 0 Å². The number of para-hydroxylation sites is 2. The highest BCUT2D eigenvalue weighted by Gasteiger charge is 2.12. The van der Waals surface area contributed by atoms with Gasteiger partial charge < -0.3 is 5.11 Å². The predicted octanol–water partition coefficient (Wildman–Crippen LogP) is 4.44. The van der Waals surface area contributed by atoms with Gasteiger partial charge in [-0.1, -0.05) is 60.7 Å². The zero-order valence-electron chi connectivity index (χ0n) is 13.9. The highest BCUT2D eigenvalue weighted by molar-refractivity contribution is 5.81. The van der Waals surface area contributed by atoms with Gasteiger partial charge in [-0.2, -0.15) is 0 Å². The molecule has 3 aromatic carbocycles. The standard InChI is InChI=1S/C22H16N2O2/c25-20(16-9-3-1-4-10-16)15-21-23-19-14-8-7-13-18(19)22(26)24(21)17-11-5-2-6-12-17/h1-15,25H. The van der Waals surface area contributed by atoms with Gasteiger partial charge in [0.05, 0.1) is 16.6 Å². The van der Waals surface area contributed by atoms with E-state index in [1.165, 1.54) is 10.6 Å². The van der Waals surface area contributed by atoms with Gasteiger partial charge in [0, 0.05) is 11.6 Å². The molecule has 1 heterocycles. The third-order valence-electron chi connectivity index (χ3n) is 4.15. The molecule has 4 nitrogen and oxygen atoms in total. The molecule has 0 radical (unpaired) electrons. The Morgan fingerprint density at radius 3 is 2.19 bits per heavy atom. The second-order valence-electron chi connectivity index (χ2n) is 5.86. The number of nitrogens with zero attached hydrogens (tertiary/aromatic N) is 2. The maximum Gasteiger partial charge on any atom is 0.266 e. The smallest absolute Gasteiger partial charge is 0.266 e. The van der Waals surface area contributed by atoms with Crippen molar-refractivity contribution in [1.82, 2.24) is 9.55 Å². The molecule has 1 N–H and O–H groups in total. The van der Waals surface area contributed by atoms with Gasteiger partial charge in [-0.05, 0) is 24.3 Å². The fraction of sp³-hybridized carbons (Fsp3) is 0. The van der Waals surface area contributed by atoms with Crippen LogP contribution in [0.5, 0.6) is 0 Å². The SMILES string of the molecule is O=c1c2ccccc2nc(C=C(O)c2ccccc2)n1-c1ccccc1. The van der Waals surface area contributed by atoms with Crippen molar-refractivity contribution in [2.45, 2.75) is 0 Å². The molecule has 4 aromatic rings. The molecule has 0 atom stereocenters. The van der Waals surface area contributed by atoms with E-state index in [-0.39, 0.29) is 11.3 Å². The van der Waals surface area contributed by atoms with E-state index < -0.39 is 0 Å². The van der Waals surface area contributed by atoms with Crippen molar-refractivity contribution < 1.29 is 5.11 Å². The summed E-state index contributed by atoms with van der Waals surface area (Å²) in [5.74, 6) is 0.429. The number of aliphatic hydroxyl groups is 1. The minimum absolute atomic E-state index is 0.0532. The first-order valence-corrected chi connectivity index (χ1v) is 8.27. The number of rotatable bonds is 3. The summed E-state index contributed by atoms with van der Waals surface area (Å²) < 4.78 is 1.52. The van der Waals surface area contributed by atoms with Crippen LogP contribution in [0.2, 0.25) is 0 Å². The molecule has 1 aromatic heterocycles. The first-order valence-electron chi connectivity index (χ1n) is 8.27. The highest BCUT2D eigenvalue weighted by atomic mass is 16.3. The van der Waals surface area contributed by atoms with Crippen LogP contribution in [0, 0.1) is 0 Å². The molecule has 0 fully saturated rings. The molecule has 26 heavy (non-hydrogen) atoms. The van der Waals surface area contributed by atoms with Gasteiger partial charge in [0.25, 0.3) is 5.56 Å². The molecule has 0 spiro atoms. The van der Waals surface area contributed by atoms with Crippen molar-refractivity contribution in [3.63, 3.8) is 0 Å². The van der Waals surface area contributed by atoms with Crippen LogP contribution in [-0.4, -0.2) is 14.7 Å². The van der Waals surface area contributed by atoms with Gasteiger partial charge >= 0.3 is 0 Å². The van der Waals surface area contributed by atoms with Gasteiger partial charge in [0.1, 0.15) is 11.6 Å². The predicted molar refractivity (Wildman–Crippen MR) is 104 cm³/mol. The average molecular weight is 340 g/mol. The summed E-state index contributed by atoms with van der Waals surface area (Å²) >= 11 is 0. The molecular formula is C22H16N2O2. The van der Waals surface area contributed by atoms with Crippen LogP contribution >= 0.6 is 0 Å². The summed E-state index contributed by atoms with van der Waals surface area (Å²) in [7, 11) is 0. The lowest BCUT2D eigenvalue weighted by Gasteiger charge is -2.12. The molecule has 0 aliphatic carbocycles. The van der Waals surface area contributed by atoms with E-state index >= 15 is 0 Å². The first kappa shape index (κ1) is 15.8. The second-order valence-corrected chi connectivity index (χ2v) is 5.86. The largest absolute Gasteiger partial charge is 0.507 e. The van der Waals surface area contributed by atoms with Crippen LogP contribution in [0.4, 0.5) is 0 Å². The molecule has 0 aliphatic heterocycles. The Balaban J connectivity index is 2.00. The Kier molecular flexibility index (Phi) is 4.07. The number of fused-ring (bicyclic) bond motifs is 1. The highest BCUT2D eigenvalue weighted by Crippen LogP contribution is 2.18. The quantitative estimate of drug-likeness (QED) is 0.561. The maximum atomic E-state index is 13.1. The summed E-state index contributed by atoms with van der Waals surface area (Å²) in [6.07, 6.45) is 1.52. The zero-order valence-corrected chi connectivity index (χ0v) is 13.9. The van der Waals surface area contributed by atoms with Gasteiger partial charge in [-0.25, -0.2) is 4.98 Å². The molecule has 0 amide bonds. The van der Waals surface area contributed by atoms with Crippen molar-refractivity contribution in [3.8, 4) is 5.69 Å². The zero-order chi connectivity index (χ0) is 17.9. The summed E-state index contributed by atoms with van der Waals surface area (Å²) in [4.78, 5) is 17.7. The van der Waals surface area contributed by atoms with Gasteiger partial charge in [0.2, 0.25) is 0 Å². The van der Waals surface area contributed by atoms with Gasteiger partial charge in [0.15, 0.2) is 0 Å².